The van der Waals surface area contributed by atoms with E-state index >= 15 is 0 Å². The van der Waals surface area contributed by atoms with Crippen molar-refractivity contribution in [3.63, 3.8) is 0 Å². The topological polar surface area (TPSA) is 8.17 Å². The van der Waals surface area contributed by atoms with Gasteiger partial charge in [-0.15, -0.1) is 0 Å². The maximum Gasteiger partial charge on any atom is 0.0547 e. The largest absolute Gasteiger partial charge is 0.310 e. The van der Waals surface area contributed by atoms with E-state index in [1.54, 1.807) is 0 Å². The summed E-state index contributed by atoms with van der Waals surface area (Å²) in [5, 5.41) is 5.08. The molecule has 264 valence electrons. The maximum absolute atomic E-state index is 2.44. The first kappa shape index (κ1) is 32.3. The lowest BCUT2D eigenvalue weighted by atomic mass is 9.72. The van der Waals surface area contributed by atoms with E-state index in [4.69, 9.17) is 0 Å². The third-order valence-electron chi connectivity index (χ3n) is 12.0. The van der Waals surface area contributed by atoms with Crippen LogP contribution in [0.5, 0.6) is 0 Å². The van der Waals surface area contributed by atoms with Crippen molar-refractivity contribution >= 4 is 49.6 Å². The molecule has 1 atom stereocenters. The second-order valence-electron chi connectivity index (χ2n) is 15.0. The van der Waals surface area contributed by atoms with E-state index in [0.717, 1.165) is 11.4 Å². The first-order valence-electron chi connectivity index (χ1n) is 19.4. The van der Waals surface area contributed by atoms with Crippen LogP contribution in [-0.2, 0) is 5.41 Å². The predicted octanol–water partition coefficient (Wildman–Crippen LogP) is 14.4. The van der Waals surface area contributed by atoms with Gasteiger partial charge in [-0.25, -0.2) is 0 Å². The van der Waals surface area contributed by atoms with E-state index in [2.05, 4.69) is 229 Å². The molecular weight excluding hydrogens is 677 g/mol. The molecule has 2 nitrogen and oxygen atoms in total. The standard InChI is InChI=1S/C54H38N2/c1-54(47-26-14-17-38-16-8-9-22-43(38)47)48-25-12-10-24-46(48)53-49(54)27-15-29-51(53)55(40-18-4-2-5-19-40)42-33-30-37(31-34-42)39-32-35-45-44-23-11-13-28-50(44)56(52(45)36-39)41-20-6-3-7-21-41/h2-36H,1H3. The van der Waals surface area contributed by atoms with Gasteiger partial charge in [0.05, 0.1) is 16.7 Å². The molecule has 9 aromatic carbocycles. The number of aromatic nitrogens is 1. The molecule has 2 heteroatoms. The van der Waals surface area contributed by atoms with Crippen LogP contribution in [0.3, 0.4) is 0 Å². The molecule has 1 unspecified atom stereocenters. The van der Waals surface area contributed by atoms with Gasteiger partial charge in [-0.05, 0) is 106 Å². The monoisotopic (exact) mass is 714 g/mol. The number of benzene rings is 9. The van der Waals surface area contributed by atoms with Crippen LogP contribution in [0.2, 0.25) is 0 Å². The fourth-order valence-corrected chi connectivity index (χ4v) is 9.47. The Balaban J connectivity index is 1.07. The molecule has 0 N–H and O–H groups in total. The maximum atomic E-state index is 2.44. The van der Waals surface area contributed by atoms with E-state index in [0.29, 0.717) is 0 Å². The highest BCUT2D eigenvalue weighted by atomic mass is 15.1. The fraction of sp³-hybridized carbons (Fsp3) is 0.0370. The summed E-state index contributed by atoms with van der Waals surface area (Å²) >= 11 is 0. The number of anilines is 3. The quantitative estimate of drug-likeness (QED) is 0.166. The molecule has 1 aromatic heterocycles. The minimum atomic E-state index is -0.337. The van der Waals surface area contributed by atoms with Crippen LogP contribution < -0.4 is 4.90 Å². The first-order valence-corrected chi connectivity index (χ1v) is 19.4. The molecule has 1 heterocycles. The van der Waals surface area contributed by atoms with E-state index < -0.39 is 0 Å². The summed E-state index contributed by atoms with van der Waals surface area (Å²) < 4.78 is 2.39. The summed E-state index contributed by atoms with van der Waals surface area (Å²) in [6.07, 6.45) is 0. The third kappa shape index (κ3) is 4.82. The summed E-state index contributed by atoms with van der Waals surface area (Å²) in [5.74, 6) is 0. The molecular formula is C54H38N2. The summed E-state index contributed by atoms with van der Waals surface area (Å²) in [6, 6.07) is 77.7. The van der Waals surface area contributed by atoms with Gasteiger partial charge in [0.15, 0.2) is 0 Å². The van der Waals surface area contributed by atoms with Gasteiger partial charge in [0, 0.05) is 38.8 Å². The lowest BCUT2D eigenvalue weighted by molar-refractivity contribution is 0.721. The molecule has 11 rings (SSSR count). The van der Waals surface area contributed by atoms with E-state index in [9.17, 15) is 0 Å². The summed E-state index contributed by atoms with van der Waals surface area (Å²) in [6.45, 7) is 2.42. The first-order chi connectivity index (χ1) is 27.7. The Bertz CT molecular complexity index is 3080. The van der Waals surface area contributed by atoms with Gasteiger partial charge in [-0.2, -0.15) is 0 Å². The molecule has 0 radical (unpaired) electrons. The van der Waals surface area contributed by atoms with Gasteiger partial charge >= 0.3 is 0 Å². The third-order valence-corrected chi connectivity index (χ3v) is 12.0. The Morgan fingerprint density at radius 3 is 1.84 bits per heavy atom. The fourth-order valence-electron chi connectivity index (χ4n) is 9.47. The number of nitrogens with zero attached hydrogens (tertiary/aromatic N) is 2. The highest BCUT2D eigenvalue weighted by Gasteiger charge is 2.43. The van der Waals surface area contributed by atoms with Crippen LogP contribution in [0.1, 0.15) is 23.6 Å². The number of rotatable bonds is 6. The number of para-hydroxylation sites is 3. The highest BCUT2D eigenvalue weighted by Crippen LogP contribution is 2.57. The SMILES string of the molecule is CC1(c2cccc3ccccc23)c2ccccc2-c2c(N(c3ccccc3)c3ccc(-c4ccc5c6ccccc6n(-c6ccccc6)c5c4)cc3)cccc21. The van der Waals surface area contributed by atoms with Crippen LogP contribution in [0.25, 0.3) is 60.5 Å². The Morgan fingerprint density at radius 2 is 1.00 bits per heavy atom. The van der Waals surface area contributed by atoms with Crippen LogP contribution >= 0.6 is 0 Å². The van der Waals surface area contributed by atoms with E-state index in [1.165, 1.54) is 82.9 Å². The normalized spacial score (nSPS) is 14.6. The molecule has 0 aliphatic heterocycles. The highest BCUT2D eigenvalue weighted by molar-refractivity contribution is 6.10. The minimum absolute atomic E-state index is 0.337. The van der Waals surface area contributed by atoms with Crippen molar-refractivity contribution in [2.24, 2.45) is 0 Å². The van der Waals surface area contributed by atoms with Crippen LogP contribution in [0, 0.1) is 0 Å². The van der Waals surface area contributed by atoms with Crippen molar-refractivity contribution in [2.75, 3.05) is 4.90 Å². The number of hydrogen-bond donors (Lipinski definition) is 0. The number of hydrogen-bond acceptors (Lipinski definition) is 1. The Labute approximate surface area is 327 Å². The van der Waals surface area contributed by atoms with Crippen molar-refractivity contribution in [1.82, 2.24) is 4.57 Å². The average Bonchev–Trinajstić information content (AvgIpc) is 3.74. The Hall–Kier alpha value is -7.16. The second kappa shape index (κ2) is 12.7. The van der Waals surface area contributed by atoms with Gasteiger partial charge in [0.25, 0.3) is 0 Å². The van der Waals surface area contributed by atoms with Gasteiger partial charge in [-0.1, -0.05) is 158 Å². The molecule has 0 spiro atoms. The molecule has 1 aliphatic carbocycles. The second-order valence-corrected chi connectivity index (χ2v) is 15.0. The molecule has 1 aliphatic rings. The zero-order valence-electron chi connectivity index (χ0n) is 31.1. The Kier molecular flexibility index (Phi) is 7.33. The molecule has 0 fully saturated rings. The van der Waals surface area contributed by atoms with Gasteiger partial charge in [0.2, 0.25) is 0 Å². The summed E-state index contributed by atoms with van der Waals surface area (Å²) in [4.78, 5) is 2.44. The van der Waals surface area contributed by atoms with Crippen LogP contribution in [-0.4, -0.2) is 4.57 Å². The lowest BCUT2D eigenvalue weighted by Gasteiger charge is -2.31. The predicted molar refractivity (Wildman–Crippen MR) is 236 cm³/mol. The van der Waals surface area contributed by atoms with Crippen molar-refractivity contribution in [1.29, 1.82) is 0 Å². The zero-order chi connectivity index (χ0) is 37.2. The molecule has 0 bridgehead atoms. The van der Waals surface area contributed by atoms with Crippen molar-refractivity contribution in [3.05, 3.63) is 229 Å². The lowest BCUT2D eigenvalue weighted by Crippen LogP contribution is -2.23. The number of fused-ring (bicyclic) bond motifs is 7. The minimum Gasteiger partial charge on any atom is -0.310 e. The van der Waals surface area contributed by atoms with Gasteiger partial charge in [-0.3, -0.25) is 0 Å². The van der Waals surface area contributed by atoms with Crippen LogP contribution in [0.15, 0.2) is 212 Å². The molecule has 0 saturated carbocycles. The van der Waals surface area contributed by atoms with Crippen LogP contribution in [0.4, 0.5) is 17.1 Å². The van der Waals surface area contributed by atoms with E-state index in [1.807, 2.05) is 0 Å². The summed E-state index contributed by atoms with van der Waals surface area (Å²) in [5.41, 5.74) is 15.6. The van der Waals surface area contributed by atoms with Gasteiger partial charge < -0.3 is 9.47 Å². The molecule has 0 amide bonds. The average molecular weight is 715 g/mol. The van der Waals surface area contributed by atoms with Gasteiger partial charge in [0.1, 0.15) is 0 Å². The smallest absolute Gasteiger partial charge is 0.0547 e. The molecule has 10 aromatic rings. The van der Waals surface area contributed by atoms with Crippen molar-refractivity contribution in [3.8, 4) is 27.9 Å². The Morgan fingerprint density at radius 1 is 0.411 bits per heavy atom. The summed E-state index contributed by atoms with van der Waals surface area (Å²) in [7, 11) is 0. The molecule has 0 saturated heterocycles. The van der Waals surface area contributed by atoms with E-state index in [-0.39, 0.29) is 5.41 Å². The molecule has 56 heavy (non-hydrogen) atoms. The zero-order valence-corrected chi connectivity index (χ0v) is 31.1. The van der Waals surface area contributed by atoms with Crippen molar-refractivity contribution in [2.45, 2.75) is 12.3 Å². The van der Waals surface area contributed by atoms with Crippen molar-refractivity contribution < 1.29 is 0 Å².